The molecule has 1 aliphatic heterocycles. The van der Waals surface area contributed by atoms with E-state index in [-0.39, 0.29) is 5.91 Å². The van der Waals surface area contributed by atoms with Crippen molar-refractivity contribution in [3.05, 3.63) is 21.6 Å². The van der Waals surface area contributed by atoms with Crippen molar-refractivity contribution >= 4 is 38.3 Å². The van der Waals surface area contributed by atoms with Crippen LogP contribution in [0.4, 0.5) is 5.13 Å². The minimum atomic E-state index is -0.0701. The van der Waals surface area contributed by atoms with Gasteiger partial charge in [-0.2, -0.15) is 0 Å². The Bertz CT molecular complexity index is 486. The third kappa shape index (κ3) is 4.12. The smallest absolute Gasteiger partial charge is 0.223 e. The summed E-state index contributed by atoms with van der Waals surface area (Å²) in [7, 11) is 0. The van der Waals surface area contributed by atoms with Crippen molar-refractivity contribution in [2.45, 2.75) is 39.3 Å². The Morgan fingerprint density at radius 2 is 2.53 bits per heavy atom. The molecule has 1 saturated heterocycles. The Hall–Kier alpha value is -0.720. The fourth-order valence-corrected chi connectivity index (χ4v) is 3.54. The Morgan fingerprint density at radius 1 is 1.74 bits per heavy atom. The van der Waals surface area contributed by atoms with Crippen LogP contribution in [0, 0.1) is 0 Å². The second-order valence-corrected chi connectivity index (χ2v) is 6.43. The summed E-state index contributed by atoms with van der Waals surface area (Å²) in [5, 5.41) is 3.41. The van der Waals surface area contributed by atoms with Crippen LogP contribution in [-0.4, -0.2) is 28.4 Å². The topological polar surface area (TPSA) is 45.2 Å². The zero-order valence-corrected chi connectivity index (χ0v) is 13.6. The predicted octanol–water partition coefficient (Wildman–Crippen LogP) is 3.36. The number of likely N-dealkylation sites (tertiary alicyclic amines) is 1. The van der Waals surface area contributed by atoms with Gasteiger partial charge in [-0.25, -0.2) is 4.98 Å². The van der Waals surface area contributed by atoms with Gasteiger partial charge in [0.25, 0.3) is 0 Å². The molecule has 1 fully saturated rings. The lowest BCUT2D eigenvalue weighted by atomic mass is 9.99. The van der Waals surface area contributed by atoms with Crippen molar-refractivity contribution in [2.24, 2.45) is 0 Å². The average molecular weight is 344 g/mol. The third-order valence-corrected chi connectivity index (χ3v) is 4.80. The minimum absolute atomic E-state index is 0.0701. The van der Waals surface area contributed by atoms with Crippen molar-refractivity contribution in [3.8, 4) is 0 Å². The molecule has 0 aromatic carbocycles. The summed E-state index contributed by atoms with van der Waals surface area (Å²) in [5.74, 6) is -0.0701. The van der Waals surface area contributed by atoms with Gasteiger partial charge in [0.2, 0.25) is 5.91 Å². The lowest BCUT2D eigenvalue weighted by molar-refractivity contribution is -0.114. The molecule has 0 spiro atoms. The van der Waals surface area contributed by atoms with Crippen LogP contribution in [0.2, 0.25) is 0 Å². The number of hydrogen-bond acceptors (Lipinski definition) is 4. The fourth-order valence-electron chi connectivity index (χ4n) is 2.24. The quantitative estimate of drug-likeness (QED) is 0.915. The first-order valence-electron chi connectivity index (χ1n) is 6.33. The fraction of sp³-hybridized carbons (Fsp3) is 0.538. The van der Waals surface area contributed by atoms with Gasteiger partial charge >= 0.3 is 0 Å². The van der Waals surface area contributed by atoms with E-state index in [0.717, 1.165) is 25.9 Å². The molecule has 1 aromatic heterocycles. The number of rotatable bonds is 3. The molecule has 6 heteroatoms. The molecule has 1 N–H and O–H groups in total. The van der Waals surface area contributed by atoms with Crippen LogP contribution in [0.5, 0.6) is 0 Å². The average Bonchev–Trinajstić information content (AvgIpc) is 2.78. The Labute approximate surface area is 126 Å². The number of hydrogen-bond donors (Lipinski definition) is 1. The van der Waals surface area contributed by atoms with Crippen LogP contribution in [0.15, 0.2) is 16.8 Å². The van der Waals surface area contributed by atoms with Gasteiger partial charge in [-0.3, -0.25) is 9.69 Å². The maximum atomic E-state index is 11.0. The molecule has 1 aromatic rings. The number of thiazole rings is 1. The summed E-state index contributed by atoms with van der Waals surface area (Å²) in [6, 6.07) is 0.545. The summed E-state index contributed by atoms with van der Waals surface area (Å²) in [4.78, 5) is 20.9. The highest BCUT2D eigenvalue weighted by Crippen LogP contribution is 2.27. The maximum Gasteiger partial charge on any atom is 0.223 e. The first kappa shape index (κ1) is 14.7. The molecule has 2 heterocycles. The highest BCUT2D eigenvalue weighted by Gasteiger charge is 2.21. The summed E-state index contributed by atoms with van der Waals surface area (Å²) in [5.41, 5.74) is 1.48. The zero-order valence-electron chi connectivity index (χ0n) is 11.1. The lowest BCUT2D eigenvalue weighted by Gasteiger charge is -2.34. The van der Waals surface area contributed by atoms with Crippen molar-refractivity contribution in [3.63, 3.8) is 0 Å². The summed E-state index contributed by atoms with van der Waals surface area (Å²) >= 11 is 4.98. The first-order valence-corrected chi connectivity index (χ1v) is 8.06. The van der Waals surface area contributed by atoms with E-state index in [1.54, 1.807) is 11.3 Å². The molecule has 0 bridgehead atoms. The molecular weight excluding hydrogens is 326 g/mol. The van der Waals surface area contributed by atoms with Gasteiger partial charge in [-0.15, -0.1) is 11.3 Å². The van der Waals surface area contributed by atoms with E-state index in [1.807, 2.05) is 6.20 Å². The second kappa shape index (κ2) is 6.63. The van der Waals surface area contributed by atoms with Crippen LogP contribution in [0.25, 0.3) is 0 Å². The molecule has 1 atom stereocenters. The Kier molecular flexibility index (Phi) is 5.13. The summed E-state index contributed by atoms with van der Waals surface area (Å²) < 4.78 is 0. The molecule has 0 radical (unpaired) electrons. The van der Waals surface area contributed by atoms with Crippen LogP contribution < -0.4 is 5.32 Å². The SMILES string of the molecule is CC(=O)Nc1ncc(CN2CCC(=CBr)CC2C)s1. The van der Waals surface area contributed by atoms with E-state index in [4.69, 9.17) is 0 Å². The molecule has 104 valence electrons. The van der Waals surface area contributed by atoms with Crippen LogP contribution in [0.3, 0.4) is 0 Å². The molecule has 1 amide bonds. The maximum absolute atomic E-state index is 11.0. The predicted molar refractivity (Wildman–Crippen MR) is 82.5 cm³/mol. The van der Waals surface area contributed by atoms with E-state index in [1.165, 1.54) is 17.4 Å². The van der Waals surface area contributed by atoms with Crippen molar-refractivity contribution in [1.29, 1.82) is 0 Å². The Balaban J connectivity index is 1.94. The van der Waals surface area contributed by atoms with E-state index in [9.17, 15) is 4.79 Å². The van der Waals surface area contributed by atoms with E-state index in [0.29, 0.717) is 11.2 Å². The lowest BCUT2D eigenvalue weighted by Crippen LogP contribution is -2.37. The normalized spacial score (nSPS) is 22.7. The van der Waals surface area contributed by atoms with Gasteiger partial charge in [0, 0.05) is 37.1 Å². The van der Waals surface area contributed by atoms with Crippen molar-refractivity contribution < 1.29 is 4.79 Å². The molecule has 2 rings (SSSR count). The number of piperidine rings is 1. The van der Waals surface area contributed by atoms with Gasteiger partial charge in [0.05, 0.1) is 0 Å². The third-order valence-electron chi connectivity index (χ3n) is 3.25. The van der Waals surface area contributed by atoms with E-state index < -0.39 is 0 Å². The zero-order chi connectivity index (χ0) is 13.8. The number of nitrogens with zero attached hydrogens (tertiary/aromatic N) is 2. The number of nitrogens with one attached hydrogen (secondary N) is 1. The molecular formula is C13H18BrN3OS. The van der Waals surface area contributed by atoms with Crippen LogP contribution in [-0.2, 0) is 11.3 Å². The first-order chi connectivity index (χ1) is 9.08. The monoisotopic (exact) mass is 343 g/mol. The largest absolute Gasteiger partial charge is 0.302 e. The van der Waals surface area contributed by atoms with Gasteiger partial charge < -0.3 is 5.32 Å². The molecule has 1 aliphatic rings. The van der Waals surface area contributed by atoms with E-state index >= 15 is 0 Å². The minimum Gasteiger partial charge on any atom is -0.302 e. The van der Waals surface area contributed by atoms with Gasteiger partial charge in [-0.05, 0) is 24.8 Å². The standard InChI is InChI=1S/C13H18BrN3OS/c1-9-5-11(6-14)3-4-17(9)8-12-7-15-13(19-12)16-10(2)18/h6-7,9H,3-5,8H2,1-2H3,(H,15,16,18). The highest BCUT2D eigenvalue weighted by molar-refractivity contribution is 9.11. The van der Waals surface area contributed by atoms with Crippen LogP contribution in [0.1, 0.15) is 31.6 Å². The molecule has 4 nitrogen and oxygen atoms in total. The molecule has 1 unspecified atom stereocenters. The number of carbonyl (C=O) groups is 1. The second-order valence-electron chi connectivity index (χ2n) is 4.85. The number of anilines is 1. The summed E-state index contributed by atoms with van der Waals surface area (Å²) in [6.07, 6.45) is 4.09. The number of amides is 1. The van der Waals surface area contributed by atoms with Crippen molar-refractivity contribution in [1.82, 2.24) is 9.88 Å². The number of carbonyl (C=O) groups excluding carboxylic acids is 1. The van der Waals surface area contributed by atoms with Gasteiger partial charge in [0.15, 0.2) is 5.13 Å². The van der Waals surface area contributed by atoms with Crippen molar-refractivity contribution in [2.75, 3.05) is 11.9 Å². The summed E-state index contributed by atoms with van der Waals surface area (Å²) in [6.45, 7) is 5.74. The van der Waals surface area contributed by atoms with Gasteiger partial charge in [0.1, 0.15) is 0 Å². The molecule has 19 heavy (non-hydrogen) atoms. The number of aromatic nitrogens is 1. The van der Waals surface area contributed by atoms with E-state index in [2.05, 4.69) is 43.0 Å². The molecule has 0 saturated carbocycles. The Morgan fingerprint density at radius 3 is 3.16 bits per heavy atom. The van der Waals surface area contributed by atoms with Gasteiger partial charge in [-0.1, -0.05) is 21.5 Å². The van der Waals surface area contributed by atoms with Crippen LogP contribution >= 0.6 is 27.3 Å². The molecule has 0 aliphatic carbocycles. The highest BCUT2D eigenvalue weighted by atomic mass is 79.9. The number of halogens is 1.